The van der Waals surface area contributed by atoms with Crippen molar-refractivity contribution in [1.82, 2.24) is 0 Å². The van der Waals surface area contributed by atoms with E-state index in [1.165, 1.54) is 6.07 Å². The second-order valence-electron chi connectivity index (χ2n) is 3.71. The molecular formula is C12H10F3NO3. The molecule has 0 bridgehead atoms. The van der Waals surface area contributed by atoms with Gasteiger partial charge in [-0.05, 0) is 18.2 Å². The molecule has 0 fully saturated rings. The minimum Gasteiger partial charge on any atom is -0.478 e. The van der Waals surface area contributed by atoms with E-state index < -0.39 is 30.0 Å². The maximum absolute atomic E-state index is 12.4. The van der Waals surface area contributed by atoms with Gasteiger partial charge in [0.15, 0.2) is 0 Å². The normalized spacial score (nSPS) is 10.9. The highest BCUT2D eigenvalue weighted by Gasteiger charge is 2.30. The third-order valence-electron chi connectivity index (χ3n) is 2.15. The summed E-state index contributed by atoms with van der Waals surface area (Å²) in [6.07, 6.45) is -5.00. The minimum atomic E-state index is -4.51. The smallest absolute Gasteiger partial charge is 0.416 e. The molecule has 0 heterocycles. The van der Waals surface area contributed by atoms with Gasteiger partial charge in [0.25, 0.3) is 0 Å². The van der Waals surface area contributed by atoms with E-state index in [4.69, 9.17) is 5.11 Å². The lowest BCUT2D eigenvalue weighted by Crippen LogP contribution is -2.15. The molecule has 7 heteroatoms. The van der Waals surface area contributed by atoms with Crippen molar-refractivity contribution in [2.75, 3.05) is 5.32 Å². The van der Waals surface area contributed by atoms with Crippen LogP contribution in [0.4, 0.5) is 18.9 Å². The summed E-state index contributed by atoms with van der Waals surface area (Å²) in [7, 11) is 0. The Balaban J connectivity index is 2.75. The number of amides is 1. The molecule has 0 spiro atoms. The molecule has 102 valence electrons. The van der Waals surface area contributed by atoms with Crippen molar-refractivity contribution in [2.45, 2.75) is 12.6 Å². The van der Waals surface area contributed by atoms with Crippen molar-refractivity contribution in [1.29, 1.82) is 0 Å². The Kier molecular flexibility index (Phi) is 4.31. The monoisotopic (exact) mass is 273 g/mol. The van der Waals surface area contributed by atoms with Crippen LogP contribution in [-0.2, 0) is 15.8 Å². The van der Waals surface area contributed by atoms with Crippen molar-refractivity contribution in [3.63, 3.8) is 0 Å². The van der Waals surface area contributed by atoms with Crippen molar-refractivity contribution in [3.8, 4) is 0 Å². The van der Waals surface area contributed by atoms with Crippen molar-refractivity contribution in [3.05, 3.63) is 42.0 Å². The van der Waals surface area contributed by atoms with Gasteiger partial charge in [0.2, 0.25) is 5.91 Å². The van der Waals surface area contributed by atoms with Crippen LogP contribution in [0.25, 0.3) is 0 Å². The van der Waals surface area contributed by atoms with Gasteiger partial charge in [-0.3, -0.25) is 4.79 Å². The summed E-state index contributed by atoms with van der Waals surface area (Å²) in [5.41, 5.74) is -1.30. The molecule has 0 radical (unpaired) electrons. The van der Waals surface area contributed by atoms with Crippen LogP contribution in [-0.4, -0.2) is 17.0 Å². The van der Waals surface area contributed by atoms with Gasteiger partial charge < -0.3 is 10.4 Å². The number of carboxylic acids is 1. The molecule has 0 saturated carbocycles. The Hall–Kier alpha value is -2.31. The molecule has 1 rings (SSSR count). The Morgan fingerprint density at radius 1 is 1.32 bits per heavy atom. The highest BCUT2D eigenvalue weighted by atomic mass is 19.4. The van der Waals surface area contributed by atoms with Crippen LogP contribution >= 0.6 is 0 Å². The molecule has 0 aliphatic carbocycles. The predicted octanol–water partition coefficient (Wildman–Crippen LogP) is 2.67. The molecule has 4 nitrogen and oxygen atoms in total. The minimum absolute atomic E-state index is 0.0574. The largest absolute Gasteiger partial charge is 0.478 e. The van der Waals surface area contributed by atoms with E-state index in [-0.39, 0.29) is 11.3 Å². The number of carbonyl (C=O) groups excluding carboxylic acids is 1. The Bertz CT molecular complexity index is 523. The van der Waals surface area contributed by atoms with Crippen LogP contribution in [0.1, 0.15) is 12.0 Å². The molecule has 0 aromatic heterocycles. The van der Waals surface area contributed by atoms with Crippen molar-refractivity contribution in [2.24, 2.45) is 0 Å². The number of benzene rings is 1. The standard InChI is InChI=1S/C12H10F3NO3/c1-7(11(18)19)5-10(17)16-9-4-2-3-8(6-9)12(13,14)15/h2-4,6H,1,5H2,(H,16,17)(H,18,19). The number of rotatable bonds is 4. The Morgan fingerprint density at radius 2 is 1.95 bits per heavy atom. The second-order valence-corrected chi connectivity index (χ2v) is 3.71. The van der Waals surface area contributed by atoms with E-state index in [2.05, 4.69) is 11.9 Å². The van der Waals surface area contributed by atoms with Gasteiger partial charge in [0.05, 0.1) is 12.0 Å². The zero-order valence-electron chi connectivity index (χ0n) is 9.62. The number of halogens is 3. The number of alkyl halides is 3. The summed E-state index contributed by atoms with van der Waals surface area (Å²) < 4.78 is 37.3. The van der Waals surface area contributed by atoms with Crippen molar-refractivity contribution >= 4 is 17.6 Å². The zero-order chi connectivity index (χ0) is 14.6. The fraction of sp³-hybridized carbons (Fsp3) is 0.167. The van der Waals surface area contributed by atoms with Gasteiger partial charge in [0.1, 0.15) is 0 Å². The van der Waals surface area contributed by atoms with Crippen LogP contribution in [0.3, 0.4) is 0 Å². The van der Waals surface area contributed by atoms with Crippen LogP contribution in [0, 0.1) is 0 Å². The molecule has 1 aromatic carbocycles. The van der Waals surface area contributed by atoms with E-state index in [1.807, 2.05) is 0 Å². The Labute approximate surface area is 106 Å². The molecule has 19 heavy (non-hydrogen) atoms. The van der Waals surface area contributed by atoms with Crippen LogP contribution in [0.5, 0.6) is 0 Å². The van der Waals surface area contributed by atoms with Crippen LogP contribution in [0.15, 0.2) is 36.4 Å². The number of carbonyl (C=O) groups is 2. The molecule has 0 aliphatic heterocycles. The van der Waals surface area contributed by atoms with E-state index in [0.717, 1.165) is 18.2 Å². The average Bonchev–Trinajstić information content (AvgIpc) is 2.27. The highest BCUT2D eigenvalue weighted by molar-refractivity contribution is 5.99. The number of hydrogen-bond donors (Lipinski definition) is 2. The summed E-state index contributed by atoms with van der Waals surface area (Å²) >= 11 is 0. The van der Waals surface area contributed by atoms with Crippen LogP contribution in [0.2, 0.25) is 0 Å². The Morgan fingerprint density at radius 3 is 2.47 bits per heavy atom. The third kappa shape index (κ3) is 4.46. The first kappa shape index (κ1) is 14.7. The zero-order valence-corrected chi connectivity index (χ0v) is 9.62. The lowest BCUT2D eigenvalue weighted by Gasteiger charge is -2.09. The fourth-order valence-electron chi connectivity index (χ4n) is 1.25. The summed E-state index contributed by atoms with van der Waals surface area (Å²) in [6, 6.07) is 4.05. The lowest BCUT2D eigenvalue weighted by molar-refractivity contribution is -0.137. The van der Waals surface area contributed by atoms with E-state index >= 15 is 0 Å². The summed E-state index contributed by atoms with van der Waals surface area (Å²) in [6.45, 7) is 3.15. The molecule has 0 saturated heterocycles. The van der Waals surface area contributed by atoms with Crippen molar-refractivity contribution < 1.29 is 27.9 Å². The van der Waals surface area contributed by atoms with Gasteiger partial charge in [-0.15, -0.1) is 0 Å². The maximum atomic E-state index is 12.4. The first-order valence-corrected chi connectivity index (χ1v) is 5.08. The molecule has 2 N–H and O–H groups in total. The second kappa shape index (κ2) is 5.55. The SMILES string of the molecule is C=C(CC(=O)Nc1cccc(C(F)(F)F)c1)C(=O)O. The first-order chi connectivity index (χ1) is 8.70. The first-order valence-electron chi connectivity index (χ1n) is 5.08. The fourth-order valence-corrected chi connectivity index (χ4v) is 1.25. The number of nitrogens with one attached hydrogen (secondary N) is 1. The molecule has 1 aromatic rings. The third-order valence-corrected chi connectivity index (χ3v) is 2.15. The van der Waals surface area contributed by atoms with E-state index in [9.17, 15) is 22.8 Å². The molecule has 0 unspecified atom stereocenters. The van der Waals surface area contributed by atoms with E-state index in [0.29, 0.717) is 0 Å². The lowest BCUT2D eigenvalue weighted by atomic mass is 10.1. The van der Waals surface area contributed by atoms with Gasteiger partial charge in [-0.2, -0.15) is 13.2 Å². The molecule has 0 atom stereocenters. The van der Waals surface area contributed by atoms with E-state index in [1.54, 1.807) is 0 Å². The summed E-state index contributed by atoms with van der Waals surface area (Å²) in [5.74, 6) is -2.08. The van der Waals surface area contributed by atoms with Gasteiger partial charge >= 0.3 is 12.1 Å². The summed E-state index contributed by atoms with van der Waals surface area (Å²) in [5, 5.41) is 10.7. The number of carboxylic acid groups (broad SMARTS) is 1. The number of aliphatic carboxylic acids is 1. The van der Waals surface area contributed by atoms with Gasteiger partial charge in [-0.25, -0.2) is 4.79 Å². The molecule has 1 amide bonds. The molecular weight excluding hydrogens is 263 g/mol. The highest BCUT2D eigenvalue weighted by Crippen LogP contribution is 2.30. The topological polar surface area (TPSA) is 66.4 Å². The van der Waals surface area contributed by atoms with Gasteiger partial charge in [0, 0.05) is 11.3 Å². The number of anilines is 1. The maximum Gasteiger partial charge on any atom is 0.416 e. The van der Waals surface area contributed by atoms with Gasteiger partial charge in [-0.1, -0.05) is 12.6 Å². The molecule has 0 aliphatic rings. The van der Waals surface area contributed by atoms with Crippen LogP contribution < -0.4 is 5.32 Å². The average molecular weight is 273 g/mol. The quantitative estimate of drug-likeness (QED) is 0.829. The summed E-state index contributed by atoms with van der Waals surface area (Å²) in [4.78, 5) is 21.8. The predicted molar refractivity (Wildman–Crippen MR) is 61.5 cm³/mol. The number of hydrogen-bond acceptors (Lipinski definition) is 2.